The molecular weight excluding hydrogens is 477 g/mol. The molecule has 34 heavy (non-hydrogen) atoms. The molecule has 4 N–H and O–H groups in total. The van der Waals surface area contributed by atoms with Crippen LogP contribution < -0.4 is 10.5 Å². The number of nitrogens with zero attached hydrogens (tertiary/aromatic N) is 2. The fourth-order valence-corrected chi connectivity index (χ4v) is 4.41. The van der Waals surface area contributed by atoms with Crippen molar-refractivity contribution in [2.75, 3.05) is 25.5 Å². The molecule has 13 heteroatoms. The van der Waals surface area contributed by atoms with Gasteiger partial charge in [-0.25, -0.2) is 22.9 Å². The molecule has 0 aliphatic carbocycles. The van der Waals surface area contributed by atoms with Gasteiger partial charge in [0.15, 0.2) is 5.65 Å². The number of ether oxygens (including phenoxy) is 1. The van der Waals surface area contributed by atoms with Crippen molar-refractivity contribution in [2.45, 2.75) is 24.9 Å². The van der Waals surface area contributed by atoms with Crippen LogP contribution in [0, 0.1) is 12.3 Å². The van der Waals surface area contributed by atoms with E-state index in [9.17, 15) is 21.6 Å². The zero-order valence-electron chi connectivity index (χ0n) is 18.3. The molecular formula is C21H23F3N4O5S. The Bertz CT molecular complexity index is 1320. The Morgan fingerprint density at radius 1 is 1.32 bits per heavy atom. The van der Waals surface area contributed by atoms with Gasteiger partial charge in [0.05, 0.1) is 35.7 Å². The lowest BCUT2D eigenvalue weighted by atomic mass is 9.89. The summed E-state index contributed by atoms with van der Waals surface area (Å²) in [6, 6.07) is 8.74. The second-order valence-corrected chi connectivity index (χ2v) is 9.98. The number of aromatic nitrogens is 2. The minimum absolute atomic E-state index is 0.139. The van der Waals surface area contributed by atoms with Crippen LogP contribution in [-0.2, 0) is 19.6 Å². The van der Waals surface area contributed by atoms with E-state index in [1.807, 2.05) is 36.6 Å². The van der Waals surface area contributed by atoms with Gasteiger partial charge in [-0.3, -0.25) is 4.40 Å². The topological polar surface area (TPSA) is 136 Å². The highest BCUT2D eigenvalue weighted by Crippen LogP contribution is 2.29. The van der Waals surface area contributed by atoms with Gasteiger partial charge in [-0.1, -0.05) is 13.0 Å². The van der Waals surface area contributed by atoms with Gasteiger partial charge in [-0.05, 0) is 36.8 Å². The maximum Gasteiger partial charge on any atom is 0.490 e. The fourth-order valence-electron chi connectivity index (χ4n) is 3.18. The number of aliphatic carboxylic acids is 1. The SMILES string of the molecule is Cc1ccc(S(=O)(=O)NCC2(C)COC2)cc1-c1cnc2c(N)cccn12.O=C(O)C(F)(F)F. The third-order valence-electron chi connectivity index (χ3n) is 5.19. The van der Waals surface area contributed by atoms with Crippen LogP contribution in [0.5, 0.6) is 0 Å². The lowest BCUT2D eigenvalue weighted by molar-refractivity contribution is -0.192. The minimum atomic E-state index is -5.08. The molecule has 0 saturated carbocycles. The zero-order valence-corrected chi connectivity index (χ0v) is 19.1. The first-order valence-electron chi connectivity index (χ1n) is 9.94. The molecule has 184 valence electrons. The number of carboxylic acids is 1. The molecule has 1 fully saturated rings. The number of halogens is 3. The summed E-state index contributed by atoms with van der Waals surface area (Å²) in [4.78, 5) is 13.5. The van der Waals surface area contributed by atoms with Gasteiger partial charge >= 0.3 is 12.1 Å². The fraction of sp³-hybridized carbons (Fsp3) is 0.333. The first kappa shape index (κ1) is 25.5. The van der Waals surface area contributed by atoms with Gasteiger partial charge in [-0.15, -0.1) is 0 Å². The van der Waals surface area contributed by atoms with Gasteiger partial charge in [0.1, 0.15) is 0 Å². The maximum atomic E-state index is 12.8. The van der Waals surface area contributed by atoms with Crippen LogP contribution in [0.4, 0.5) is 18.9 Å². The number of hydrogen-bond acceptors (Lipinski definition) is 6. The van der Waals surface area contributed by atoms with E-state index in [0.29, 0.717) is 31.1 Å². The van der Waals surface area contributed by atoms with Crippen LogP contribution in [0.25, 0.3) is 16.9 Å². The normalized spacial score (nSPS) is 15.3. The van der Waals surface area contributed by atoms with Gasteiger partial charge in [0, 0.05) is 23.7 Å². The Hall–Kier alpha value is -3.16. The van der Waals surface area contributed by atoms with E-state index in [-0.39, 0.29) is 10.3 Å². The second kappa shape index (κ2) is 9.24. The quantitative estimate of drug-likeness (QED) is 0.490. The predicted molar refractivity (Wildman–Crippen MR) is 118 cm³/mol. The molecule has 9 nitrogen and oxygen atoms in total. The van der Waals surface area contributed by atoms with E-state index in [1.54, 1.807) is 24.4 Å². The maximum absolute atomic E-state index is 12.8. The van der Waals surface area contributed by atoms with Crippen molar-refractivity contribution < 1.29 is 36.2 Å². The number of benzene rings is 1. The standard InChI is InChI=1S/C19H22N4O3S.C2HF3O2/c1-13-5-6-14(27(24,25)22-10-19(2)11-26-12-19)8-15(13)17-9-21-18-16(20)4-3-7-23(17)18;3-2(4,5)1(6)7/h3-9,22H,10-12,20H2,1-2H3;(H,6,7). The summed E-state index contributed by atoms with van der Waals surface area (Å²) >= 11 is 0. The molecule has 0 bridgehead atoms. The monoisotopic (exact) mass is 500 g/mol. The molecule has 0 amide bonds. The summed E-state index contributed by atoms with van der Waals surface area (Å²) in [6.45, 7) is 5.43. The van der Waals surface area contributed by atoms with Gasteiger partial charge in [0.25, 0.3) is 0 Å². The minimum Gasteiger partial charge on any atom is -0.475 e. The number of rotatable bonds is 5. The Balaban J connectivity index is 0.000000406. The Morgan fingerprint density at radius 2 is 1.97 bits per heavy atom. The zero-order chi connectivity index (χ0) is 25.3. The number of pyridine rings is 1. The van der Waals surface area contributed by atoms with Gasteiger partial charge in [0.2, 0.25) is 10.0 Å². The molecule has 1 aliphatic rings. The first-order chi connectivity index (χ1) is 15.7. The van der Waals surface area contributed by atoms with Crippen molar-refractivity contribution in [1.29, 1.82) is 0 Å². The summed E-state index contributed by atoms with van der Waals surface area (Å²) in [5.74, 6) is -2.76. The molecule has 1 aliphatic heterocycles. The average molecular weight is 500 g/mol. The summed E-state index contributed by atoms with van der Waals surface area (Å²) < 4.78 is 67.1. The molecule has 3 heterocycles. The van der Waals surface area contributed by atoms with Crippen molar-refractivity contribution in [3.8, 4) is 11.3 Å². The number of anilines is 1. The molecule has 0 radical (unpaired) electrons. The van der Waals surface area contributed by atoms with E-state index < -0.39 is 22.2 Å². The number of imidazole rings is 1. The number of hydrogen-bond donors (Lipinski definition) is 3. The lowest BCUT2D eigenvalue weighted by Crippen LogP contribution is -2.48. The van der Waals surface area contributed by atoms with E-state index in [4.69, 9.17) is 20.4 Å². The van der Waals surface area contributed by atoms with Crippen LogP contribution in [0.2, 0.25) is 0 Å². The number of fused-ring (bicyclic) bond motifs is 1. The number of sulfonamides is 1. The third kappa shape index (κ3) is 5.48. The molecule has 2 aromatic heterocycles. The molecule has 0 spiro atoms. The highest BCUT2D eigenvalue weighted by molar-refractivity contribution is 7.89. The third-order valence-corrected chi connectivity index (χ3v) is 6.59. The number of carboxylic acid groups (broad SMARTS) is 1. The van der Waals surface area contributed by atoms with Gasteiger partial charge in [-0.2, -0.15) is 13.2 Å². The number of carbonyl (C=O) groups is 1. The summed E-state index contributed by atoms with van der Waals surface area (Å²) in [6.07, 6.45) is -1.51. The highest BCUT2D eigenvalue weighted by Gasteiger charge is 2.38. The number of nitrogens with one attached hydrogen (secondary N) is 1. The van der Waals surface area contributed by atoms with Crippen molar-refractivity contribution in [3.05, 3.63) is 48.3 Å². The van der Waals surface area contributed by atoms with E-state index >= 15 is 0 Å². The molecule has 1 saturated heterocycles. The molecule has 1 aromatic carbocycles. The Morgan fingerprint density at radius 3 is 2.53 bits per heavy atom. The van der Waals surface area contributed by atoms with E-state index in [2.05, 4.69) is 9.71 Å². The largest absolute Gasteiger partial charge is 0.490 e. The van der Waals surface area contributed by atoms with E-state index in [0.717, 1.165) is 16.8 Å². The smallest absolute Gasteiger partial charge is 0.475 e. The number of nitrogen functional groups attached to an aromatic ring is 1. The number of aryl methyl sites for hydroxylation is 1. The molecule has 3 aromatic rings. The van der Waals surface area contributed by atoms with Crippen LogP contribution in [0.3, 0.4) is 0 Å². The van der Waals surface area contributed by atoms with Crippen LogP contribution in [-0.4, -0.2) is 54.8 Å². The summed E-state index contributed by atoms with van der Waals surface area (Å²) in [7, 11) is -3.62. The van der Waals surface area contributed by atoms with Crippen LogP contribution in [0.15, 0.2) is 47.6 Å². The molecule has 0 atom stereocenters. The van der Waals surface area contributed by atoms with Crippen molar-refractivity contribution in [1.82, 2.24) is 14.1 Å². The van der Waals surface area contributed by atoms with E-state index in [1.165, 1.54) is 0 Å². The predicted octanol–water partition coefficient (Wildman–Crippen LogP) is 2.84. The van der Waals surface area contributed by atoms with Crippen molar-refractivity contribution >= 4 is 27.3 Å². The van der Waals surface area contributed by atoms with Crippen LogP contribution >= 0.6 is 0 Å². The first-order valence-corrected chi connectivity index (χ1v) is 11.4. The number of alkyl halides is 3. The van der Waals surface area contributed by atoms with Crippen LogP contribution in [0.1, 0.15) is 12.5 Å². The lowest BCUT2D eigenvalue weighted by Gasteiger charge is -2.37. The van der Waals surface area contributed by atoms with Crippen molar-refractivity contribution in [2.24, 2.45) is 5.41 Å². The average Bonchev–Trinajstić information content (AvgIpc) is 3.16. The molecule has 0 unspecified atom stereocenters. The summed E-state index contributed by atoms with van der Waals surface area (Å²) in [5, 5.41) is 7.12. The second-order valence-electron chi connectivity index (χ2n) is 8.21. The highest BCUT2D eigenvalue weighted by atomic mass is 32.2. The van der Waals surface area contributed by atoms with Crippen molar-refractivity contribution in [3.63, 3.8) is 0 Å². The van der Waals surface area contributed by atoms with Gasteiger partial charge < -0.3 is 15.6 Å². The number of nitrogens with two attached hydrogens (primary N) is 1. The Labute approximate surface area is 193 Å². The summed E-state index contributed by atoms with van der Waals surface area (Å²) in [5.41, 5.74) is 9.62. The Kier molecular flexibility index (Phi) is 6.92. The molecule has 4 rings (SSSR count).